The fraction of sp³-hybridized carbons (Fsp3) is 0.700. The number of carbonyl (C=O) groups excluding carboxylic acids is 2. The number of amides is 2. The Hall–Kier alpha value is -2.82. The van der Waals surface area contributed by atoms with Crippen LogP contribution >= 0.6 is 0 Å². The van der Waals surface area contributed by atoms with Gasteiger partial charge in [0.2, 0.25) is 5.91 Å². The molecule has 2 amide bonds. The van der Waals surface area contributed by atoms with Crippen molar-refractivity contribution in [3.05, 3.63) is 34.7 Å². The average molecular weight is 578 g/mol. The van der Waals surface area contributed by atoms with Gasteiger partial charge >= 0.3 is 17.8 Å². The molecule has 226 valence electrons. The zero-order chi connectivity index (χ0) is 29.1. The molecule has 0 spiro atoms. The Kier molecular flexibility index (Phi) is 9.11. The normalized spacial score (nSPS) is 25.3. The number of aromatic nitrogens is 2. The first-order valence-electron chi connectivity index (χ1n) is 15.3. The van der Waals surface area contributed by atoms with Gasteiger partial charge in [0, 0.05) is 45.3 Å². The third kappa shape index (κ3) is 6.49. The number of halogens is 3. The third-order valence-corrected chi connectivity index (χ3v) is 9.33. The number of nitrogens with zero attached hydrogens (tertiary/aromatic N) is 4. The smallest absolute Gasteiger partial charge is 0.344 e. The lowest BCUT2D eigenvalue weighted by Crippen LogP contribution is -2.52. The molecule has 1 aromatic heterocycles. The van der Waals surface area contributed by atoms with E-state index in [-0.39, 0.29) is 37.1 Å². The molecule has 1 saturated carbocycles. The Morgan fingerprint density at radius 1 is 0.927 bits per heavy atom. The maximum atomic E-state index is 14.1. The predicted molar refractivity (Wildman–Crippen MR) is 150 cm³/mol. The van der Waals surface area contributed by atoms with Crippen LogP contribution in [0.25, 0.3) is 11.0 Å². The Balaban J connectivity index is 1.40. The molecule has 5 rings (SSSR count). The van der Waals surface area contributed by atoms with Gasteiger partial charge in [-0.2, -0.15) is 13.2 Å². The lowest BCUT2D eigenvalue weighted by Gasteiger charge is -2.41. The second-order valence-corrected chi connectivity index (χ2v) is 12.1. The van der Waals surface area contributed by atoms with E-state index in [0.717, 1.165) is 24.1 Å². The number of hydrogen-bond donors (Lipinski definition) is 1. The van der Waals surface area contributed by atoms with Crippen molar-refractivity contribution in [2.24, 2.45) is 11.8 Å². The highest BCUT2D eigenvalue weighted by atomic mass is 19.4. The fourth-order valence-electron chi connectivity index (χ4n) is 7.25. The molecule has 2 saturated heterocycles. The molecule has 1 aromatic carbocycles. The SMILES string of the molecule is CCn1c(=O)n([C@H]2CCN(CC3CCCCCCC3)C[C@@H]2C(=O)N2CCC(NC(=O)C(F)(F)F)C2)c2ccccc21. The molecular weight excluding hydrogens is 535 g/mol. The molecule has 3 heterocycles. The van der Waals surface area contributed by atoms with Crippen molar-refractivity contribution >= 4 is 22.8 Å². The lowest BCUT2D eigenvalue weighted by molar-refractivity contribution is -0.174. The number of hydrogen-bond acceptors (Lipinski definition) is 4. The minimum atomic E-state index is -4.96. The minimum absolute atomic E-state index is 0.0398. The number of piperidine rings is 1. The van der Waals surface area contributed by atoms with Crippen LogP contribution in [0.5, 0.6) is 0 Å². The zero-order valence-electron chi connectivity index (χ0n) is 23.9. The molecule has 1 aliphatic carbocycles. The van der Waals surface area contributed by atoms with Crippen molar-refractivity contribution in [2.45, 2.75) is 89.5 Å². The molecule has 3 atom stereocenters. The summed E-state index contributed by atoms with van der Waals surface area (Å²) in [4.78, 5) is 43.3. The van der Waals surface area contributed by atoms with Gasteiger partial charge in [0.15, 0.2) is 0 Å². The first kappa shape index (κ1) is 29.7. The third-order valence-electron chi connectivity index (χ3n) is 9.33. The maximum absolute atomic E-state index is 14.1. The van der Waals surface area contributed by atoms with Gasteiger partial charge in [-0.25, -0.2) is 4.79 Å². The molecule has 41 heavy (non-hydrogen) atoms. The van der Waals surface area contributed by atoms with Gasteiger partial charge in [-0.1, -0.05) is 44.2 Å². The quantitative estimate of drug-likeness (QED) is 0.555. The molecule has 8 nitrogen and oxygen atoms in total. The monoisotopic (exact) mass is 577 g/mol. The summed E-state index contributed by atoms with van der Waals surface area (Å²) in [5.74, 6) is -2.05. The fourth-order valence-corrected chi connectivity index (χ4v) is 7.25. The van der Waals surface area contributed by atoms with Crippen LogP contribution in [0, 0.1) is 11.8 Å². The van der Waals surface area contributed by atoms with E-state index in [1.807, 2.05) is 36.5 Å². The van der Waals surface area contributed by atoms with Gasteiger partial charge in [-0.3, -0.25) is 18.7 Å². The second-order valence-electron chi connectivity index (χ2n) is 12.1. The Labute approximate surface area is 238 Å². The number of benzene rings is 1. The van der Waals surface area contributed by atoms with Crippen molar-refractivity contribution in [1.82, 2.24) is 24.3 Å². The summed E-state index contributed by atoms with van der Waals surface area (Å²) in [6.45, 7) is 4.97. The van der Waals surface area contributed by atoms with Crippen LogP contribution in [0.2, 0.25) is 0 Å². The van der Waals surface area contributed by atoms with E-state index in [1.54, 1.807) is 14.0 Å². The molecule has 0 radical (unpaired) electrons. The highest BCUT2D eigenvalue weighted by Crippen LogP contribution is 2.34. The number of fused-ring (bicyclic) bond motifs is 1. The standard InChI is InChI=1S/C30H42F3N5O3/c1-2-37-25-12-8-9-13-26(25)38(29(37)41)24-15-16-35(18-21-10-6-4-3-5-7-11-21)20-23(24)27(39)36-17-14-22(19-36)34-28(40)30(31,32)33/h8-9,12-13,21-24H,2-7,10-11,14-20H2,1H3,(H,34,40)/t22?,23-,24-/m0/s1. The highest BCUT2D eigenvalue weighted by molar-refractivity contribution is 5.83. The summed E-state index contributed by atoms with van der Waals surface area (Å²) in [5.41, 5.74) is 1.49. The van der Waals surface area contributed by atoms with Crippen molar-refractivity contribution in [3.8, 4) is 0 Å². The van der Waals surface area contributed by atoms with Crippen LogP contribution in [0.1, 0.15) is 70.8 Å². The van der Waals surface area contributed by atoms with Gasteiger partial charge in [0.1, 0.15) is 0 Å². The number of alkyl halides is 3. The Morgan fingerprint density at radius 3 is 2.29 bits per heavy atom. The maximum Gasteiger partial charge on any atom is 0.471 e. The van der Waals surface area contributed by atoms with E-state index in [0.29, 0.717) is 25.4 Å². The van der Waals surface area contributed by atoms with E-state index in [9.17, 15) is 27.6 Å². The van der Waals surface area contributed by atoms with Gasteiger partial charge in [0.25, 0.3) is 0 Å². The first-order chi connectivity index (χ1) is 19.7. The van der Waals surface area contributed by atoms with Gasteiger partial charge in [-0.05, 0) is 50.7 Å². The molecule has 11 heteroatoms. The molecule has 3 fully saturated rings. The summed E-state index contributed by atoms with van der Waals surface area (Å²) >= 11 is 0. The zero-order valence-corrected chi connectivity index (χ0v) is 23.9. The second kappa shape index (κ2) is 12.6. The lowest BCUT2D eigenvalue weighted by atomic mass is 9.87. The number of para-hydroxylation sites is 2. The summed E-state index contributed by atoms with van der Waals surface area (Å²) in [7, 11) is 0. The number of aryl methyl sites for hydroxylation is 1. The summed E-state index contributed by atoms with van der Waals surface area (Å²) in [6, 6.07) is 6.54. The van der Waals surface area contributed by atoms with E-state index in [2.05, 4.69) is 4.90 Å². The Bertz CT molecular complexity index is 1280. The van der Waals surface area contributed by atoms with Crippen LogP contribution in [0.4, 0.5) is 13.2 Å². The predicted octanol–water partition coefficient (Wildman–Crippen LogP) is 4.33. The molecule has 2 aliphatic heterocycles. The first-order valence-corrected chi connectivity index (χ1v) is 15.3. The highest BCUT2D eigenvalue weighted by Gasteiger charge is 2.44. The van der Waals surface area contributed by atoms with Crippen molar-refractivity contribution in [3.63, 3.8) is 0 Å². The van der Waals surface area contributed by atoms with Crippen molar-refractivity contribution < 1.29 is 22.8 Å². The van der Waals surface area contributed by atoms with E-state index >= 15 is 0 Å². The summed E-state index contributed by atoms with van der Waals surface area (Å²) in [5, 5.41) is 2.04. The van der Waals surface area contributed by atoms with E-state index < -0.39 is 24.0 Å². The van der Waals surface area contributed by atoms with E-state index in [4.69, 9.17) is 0 Å². The topological polar surface area (TPSA) is 79.6 Å². The minimum Gasteiger partial charge on any atom is -0.344 e. The van der Waals surface area contributed by atoms with Gasteiger partial charge in [-0.15, -0.1) is 0 Å². The molecule has 1 unspecified atom stereocenters. The molecule has 0 bridgehead atoms. The number of nitrogens with one attached hydrogen (secondary N) is 1. The number of likely N-dealkylation sites (tertiary alicyclic amines) is 2. The van der Waals surface area contributed by atoms with Crippen LogP contribution in [-0.2, 0) is 16.1 Å². The average Bonchev–Trinajstić information content (AvgIpc) is 3.50. The number of rotatable bonds is 6. The molecule has 3 aliphatic rings. The number of carbonyl (C=O) groups is 2. The van der Waals surface area contributed by atoms with Gasteiger partial charge < -0.3 is 15.1 Å². The summed E-state index contributed by atoms with van der Waals surface area (Å²) < 4.78 is 42.0. The van der Waals surface area contributed by atoms with Crippen LogP contribution in [-0.4, -0.2) is 75.7 Å². The molecule has 2 aromatic rings. The summed E-state index contributed by atoms with van der Waals surface area (Å²) in [6.07, 6.45) is 4.63. The van der Waals surface area contributed by atoms with Crippen LogP contribution in [0.3, 0.4) is 0 Å². The molecule has 1 N–H and O–H groups in total. The van der Waals surface area contributed by atoms with Crippen molar-refractivity contribution in [1.29, 1.82) is 0 Å². The number of imidazole rings is 1. The van der Waals surface area contributed by atoms with Crippen LogP contribution in [0.15, 0.2) is 29.1 Å². The Morgan fingerprint density at radius 2 is 1.61 bits per heavy atom. The molecular formula is C30H42F3N5O3. The van der Waals surface area contributed by atoms with Crippen LogP contribution < -0.4 is 11.0 Å². The van der Waals surface area contributed by atoms with Crippen molar-refractivity contribution in [2.75, 3.05) is 32.7 Å². The largest absolute Gasteiger partial charge is 0.471 e. The van der Waals surface area contributed by atoms with Gasteiger partial charge in [0.05, 0.1) is 23.0 Å². The van der Waals surface area contributed by atoms with E-state index in [1.165, 1.54) is 44.9 Å².